The Hall–Kier alpha value is -1.59. The van der Waals surface area contributed by atoms with Gasteiger partial charge in [-0.15, -0.1) is 23.5 Å². The highest BCUT2D eigenvalue weighted by Gasteiger charge is 2.18. The minimum atomic E-state index is -0.0702. The molecule has 1 fully saturated rings. The Morgan fingerprint density at radius 1 is 1.09 bits per heavy atom. The van der Waals surface area contributed by atoms with Crippen LogP contribution in [0.25, 0.3) is 0 Å². The Bertz CT molecular complexity index is 680. The van der Waals surface area contributed by atoms with Crippen LogP contribution in [0.3, 0.4) is 0 Å². The van der Waals surface area contributed by atoms with Gasteiger partial charge in [-0.25, -0.2) is 0 Å². The molecule has 3 nitrogen and oxygen atoms in total. The molecule has 1 amide bonds. The van der Waals surface area contributed by atoms with Crippen LogP contribution < -0.4 is 10.2 Å². The van der Waals surface area contributed by atoms with E-state index in [2.05, 4.69) is 17.4 Å². The number of hydrogen-bond donors (Lipinski definition) is 1. The first-order valence-corrected chi connectivity index (χ1v) is 9.65. The van der Waals surface area contributed by atoms with Crippen LogP contribution in [0.5, 0.6) is 0 Å². The molecule has 120 valence electrons. The molecule has 1 aliphatic rings. The maximum absolute atomic E-state index is 12.4. The van der Waals surface area contributed by atoms with Crippen LogP contribution in [-0.2, 0) is 0 Å². The molecule has 0 aliphatic carbocycles. The normalized spacial score (nSPS) is 14.7. The van der Waals surface area contributed by atoms with Crippen molar-refractivity contribution in [2.75, 3.05) is 35.8 Å². The smallest absolute Gasteiger partial charge is 0.255 e. The maximum atomic E-state index is 12.4. The predicted molar refractivity (Wildman–Crippen MR) is 103 cm³/mol. The second kappa shape index (κ2) is 7.32. The number of carbonyl (C=O) groups excluding carboxylic acids is 1. The van der Waals surface area contributed by atoms with E-state index in [-0.39, 0.29) is 5.91 Å². The van der Waals surface area contributed by atoms with Crippen LogP contribution in [-0.4, -0.2) is 31.5 Å². The molecule has 1 saturated heterocycles. The van der Waals surface area contributed by atoms with Crippen molar-refractivity contribution < 1.29 is 4.79 Å². The highest BCUT2D eigenvalue weighted by molar-refractivity contribution is 8.19. The van der Waals surface area contributed by atoms with Gasteiger partial charge in [-0.05, 0) is 42.0 Å². The van der Waals surface area contributed by atoms with Gasteiger partial charge in [0.15, 0.2) is 0 Å². The summed E-state index contributed by atoms with van der Waals surface area (Å²) in [7, 11) is 3.97. The van der Waals surface area contributed by atoms with E-state index in [1.54, 1.807) is 0 Å². The van der Waals surface area contributed by atoms with E-state index in [1.165, 1.54) is 17.1 Å². The zero-order valence-electron chi connectivity index (χ0n) is 13.3. The van der Waals surface area contributed by atoms with Crippen molar-refractivity contribution in [2.24, 2.45) is 0 Å². The highest BCUT2D eigenvalue weighted by Crippen LogP contribution is 2.45. The van der Waals surface area contributed by atoms with Crippen molar-refractivity contribution in [2.45, 2.75) is 4.58 Å². The molecule has 1 heterocycles. The van der Waals surface area contributed by atoms with Crippen LogP contribution in [0.2, 0.25) is 0 Å². The number of nitrogens with one attached hydrogen (secondary N) is 1. The second-order valence-electron chi connectivity index (χ2n) is 5.59. The predicted octanol–water partition coefficient (Wildman–Crippen LogP) is 4.48. The summed E-state index contributed by atoms with van der Waals surface area (Å²) in [6.07, 6.45) is 0. The molecule has 3 rings (SSSR count). The Labute approximate surface area is 145 Å². The van der Waals surface area contributed by atoms with Gasteiger partial charge in [-0.3, -0.25) is 4.79 Å². The Morgan fingerprint density at radius 2 is 1.78 bits per heavy atom. The molecule has 1 N–H and O–H groups in total. The van der Waals surface area contributed by atoms with Gasteiger partial charge in [-0.1, -0.05) is 12.1 Å². The van der Waals surface area contributed by atoms with Crippen molar-refractivity contribution in [1.82, 2.24) is 0 Å². The van der Waals surface area contributed by atoms with E-state index < -0.39 is 0 Å². The molecule has 0 spiro atoms. The number of benzene rings is 2. The van der Waals surface area contributed by atoms with Gasteiger partial charge in [0.25, 0.3) is 5.91 Å². The zero-order valence-corrected chi connectivity index (χ0v) is 14.9. The Morgan fingerprint density at radius 3 is 2.43 bits per heavy atom. The van der Waals surface area contributed by atoms with Gasteiger partial charge >= 0.3 is 0 Å². The van der Waals surface area contributed by atoms with E-state index >= 15 is 0 Å². The lowest BCUT2D eigenvalue weighted by Gasteiger charge is -2.13. The molecule has 5 heteroatoms. The molecule has 2 aromatic rings. The Balaban J connectivity index is 1.71. The lowest BCUT2D eigenvalue weighted by Crippen LogP contribution is -2.13. The summed E-state index contributed by atoms with van der Waals surface area (Å²) < 4.78 is 0.492. The molecule has 1 aliphatic heterocycles. The first-order valence-electron chi connectivity index (χ1n) is 7.55. The molecule has 0 atom stereocenters. The van der Waals surface area contributed by atoms with Gasteiger partial charge in [0.1, 0.15) is 0 Å². The molecule has 0 radical (unpaired) electrons. The third kappa shape index (κ3) is 4.03. The van der Waals surface area contributed by atoms with Crippen LogP contribution in [0.4, 0.5) is 11.4 Å². The van der Waals surface area contributed by atoms with E-state index in [1.807, 2.05) is 78.9 Å². The molecular formula is C18H20N2OS2. The van der Waals surface area contributed by atoms with Crippen LogP contribution in [0.1, 0.15) is 20.5 Å². The van der Waals surface area contributed by atoms with Crippen LogP contribution >= 0.6 is 23.5 Å². The van der Waals surface area contributed by atoms with Gasteiger partial charge in [0.2, 0.25) is 0 Å². The number of nitrogens with zero attached hydrogens (tertiary/aromatic N) is 1. The third-order valence-electron chi connectivity index (χ3n) is 3.68. The first-order chi connectivity index (χ1) is 11.1. The van der Waals surface area contributed by atoms with Crippen molar-refractivity contribution >= 4 is 40.8 Å². The fourth-order valence-electron chi connectivity index (χ4n) is 2.43. The average Bonchev–Trinajstić information content (AvgIpc) is 3.10. The summed E-state index contributed by atoms with van der Waals surface area (Å²) in [6, 6.07) is 15.8. The summed E-state index contributed by atoms with van der Waals surface area (Å²) in [5.41, 5.74) is 3.89. The number of rotatable bonds is 4. The minimum Gasteiger partial charge on any atom is -0.378 e. The van der Waals surface area contributed by atoms with E-state index in [0.717, 1.165) is 11.4 Å². The molecule has 0 unspecified atom stereocenters. The number of carbonyl (C=O) groups is 1. The fourth-order valence-corrected chi connectivity index (χ4v) is 5.27. The number of hydrogen-bond acceptors (Lipinski definition) is 4. The highest BCUT2D eigenvalue weighted by atomic mass is 32.2. The number of anilines is 2. The first kappa shape index (κ1) is 16.3. The van der Waals surface area contributed by atoms with Gasteiger partial charge in [0, 0.05) is 42.5 Å². The summed E-state index contributed by atoms with van der Waals surface area (Å²) in [4.78, 5) is 14.4. The summed E-state index contributed by atoms with van der Waals surface area (Å²) in [5.74, 6) is 2.33. The Kier molecular flexibility index (Phi) is 5.18. The second-order valence-corrected chi connectivity index (χ2v) is 8.32. The summed E-state index contributed by atoms with van der Waals surface area (Å²) in [5, 5.41) is 3.00. The lowest BCUT2D eigenvalue weighted by molar-refractivity contribution is 0.102. The van der Waals surface area contributed by atoms with E-state index in [9.17, 15) is 4.79 Å². The maximum Gasteiger partial charge on any atom is 0.255 e. The van der Waals surface area contributed by atoms with Crippen LogP contribution in [0.15, 0.2) is 48.5 Å². The van der Waals surface area contributed by atoms with Crippen molar-refractivity contribution in [3.8, 4) is 0 Å². The minimum absolute atomic E-state index is 0.0702. The zero-order chi connectivity index (χ0) is 16.2. The number of thioether (sulfide) groups is 2. The summed E-state index contributed by atoms with van der Waals surface area (Å²) >= 11 is 3.94. The fraction of sp³-hybridized carbons (Fsp3) is 0.278. The molecule has 0 aromatic heterocycles. The lowest BCUT2D eigenvalue weighted by atomic mass is 10.1. The summed E-state index contributed by atoms with van der Waals surface area (Å²) in [6.45, 7) is 0. The molecule has 0 bridgehead atoms. The van der Waals surface area contributed by atoms with E-state index in [0.29, 0.717) is 10.1 Å². The molecule has 0 saturated carbocycles. The van der Waals surface area contributed by atoms with E-state index in [4.69, 9.17) is 0 Å². The quantitative estimate of drug-likeness (QED) is 0.886. The topological polar surface area (TPSA) is 32.3 Å². The van der Waals surface area contributed by atoms with Crippen molar-refractivity contribution in [3.63, 3.8) is 0 Å². The van der Waals surface area contributed by atoms with Gasteiger partial charge < -0.3 is 10.2 Å². The van der Waals surface area contributed by atoms with Crippen molar-refractivity contribution in [1.29, 1.82) is 0 Å². The monoisotopic (exact) mass is 344 g/mol. The third-order valence-corrected chi connectivity index (χ3v) is 6.79. The molecular weight excluding hydrogens is 324 g/mol. The standard InChI is InChI=1S/C18H20N2OS2/c1-20(2)16-8-6-13(7-9-16)17(21)19-15-5-3-4-14(12-15)18-22-10-11-23-18/h3-9,12,18H,10-11H2,1-2H3,(H,19,21). The average molecular weight is 345 g/mol. The van der Waals surface area contributed by atoms with Gasteiger partial charge in [-0.2, -0.15) is 0 Å². The van der Waals surface area contributed by atoms with Crippen molar-refractivity contribution in [3.05, 3.63) is 59.7 Å². The van der Waals surface area contributed by atoms with Crippen LogP contribution in [0, 0.1) is 0 Å². The molecule has 23 heavy (non-hydrogen) atoms. The number of amides is 1. The largest absolute Gasteiger partial charge is 0.378 e. The SMILES string of the molecule is CN(C)c1ccc(C(=O)Nc2cccc(C3SCCS3)c2)cc1. The van der Waals surface area contributed by atoms with Gasteiger partial charge in [0.05, 0.1) is 4.58 Å². The molecule has 2 aromatic carbocycles.